The molecule has 1 amide bonds. The van der Waals surface area contributed by atoms with E-state index in [0.29, 0.717) is 30.1 Å². The largest absolute Gasteiger partial charge is 0.481 e. The maximum atomic E-state index is 12.1. The fraction of sp³-hybridized carbons (Fsp3) is 0.529. The molecule has 1 aliphatic rings. The van der Waals surface area contributed by atoms with E-state index in [0.717, 1.165) is 0 Å². The SMILES string of the molecule is CC(C)(C)OC(=O)N1CCC(C(C(=O)O)c2ccccc2Cl)C1. The van der Waals surface area contributed by atoms with Gasteiger partial charge in [0, 0.05) is 18.1 Å². The average molecular weight is 340 g/mol. The van der Waals surface area contributed by atoms with Crippen LogP contribution in [0.25, 0.3) is 0 Å². The fourth-order valence-electron chi connectivity index (χ4n) is 2.87. The second-order valence-electron chi connectivity index (χ2n) is 6.81. The number of ether oxygens (including phenoxy) is 1. The van der Waals surface area contributed by atoms with Crippen LogP contribution in [0.3, 0.4) is 0 Å². The van der Waals surface area contributed by atoms with Crippen molar-refractivity contribution >= 4 is 23.7 Å². The molecule has 126 valence electrons. The van der Waals surface area contributed by atoms with E-state index in [9.17, 15) is 14.7 Å². The smallest absolute Gasteiger partial charge is 0.410 e. The molecule has 1 fully saturated rings. The lowest BCUT2D eigenvalue weighted by Crippen LogP contribution is -2.36. The van der Waals surface area contributed by atoms with Crippen molar-refractivity contribution in [3.05, 3.63) is 34.9 Å². The zero-order chi connectivity index (χ0) is 17.2. The van der Waals surface area contributed by atoms with Gasteiger partial charge in [0.1, 0.15) is 5.60 Å². The number of carboxylic acid groups (broad SMARTS) is 1. The topological polar surface area (TPSA) is 66.8 Å². The highest BCUT2D eigenvalue weighted by atomic mass is 35.5. The number of aliphatic carboxylic acids is 1. The molecule has 0 aliphatic carbocycles. The van der Waals surface area contributed by atoms with E-state index in [1.165, 1.54) is 0 Å². The molecule has 1 heterocycles. The van der Waals surface area contributed by atoms with Crippen LogP contribution < -0.4 is 0 Å². The molecule has 23 heavy (non-hydrogen) atoms. The van der Waals surface area contributed by atoms with Gasteiger partial charge in [0.05, 0.1) is 5.92 Å². The lowest BCUT2D eigenvalue weighted by molar-refractivity contribution is -0.140. The summed E-state index contributed by atoms with van der Waals surface area (Å²) in [4.78, 5) is 25.5. The first-order chi connectivity index (χ1) is 10.7. The first kappa shape index (κ1) is 17.6. The van der Waals surface area contributed by atoms with Crippen molar-refractivity contribution in [2.24, 2.45) is 5.92 Å². The van der Waals surface area contributed by atoms with E-state index in [2.05, 4.69) is 0 Å². The van der Waals surface area contributed by atoms with Gasteiger partial charge in [0.25, 0.3) is 0 Å². The Labute approximate surface area is 141 Å². The molecule has 1 aliphatic heterocycles. The van der Waals surface area contributed by atoms with Crippen LogP contribution in [0.5, 0.6) is 0 Å². The van der Waals surface area contributed by atoms with Gasteiger partial charge in [-0.3, -0.25) is 4.79 Å². The standard InChI is InChI=1S/C17H22ClNO4/c1-17(2,3)23-16(22)19-9-8-11(10-19)14(15(20)21)12-6-4-5-7-13(12)18/h4-7,11,14H,8-10H2,1-3H3,(H,20,21). The molecule has 0 radical (unpaired) electrons. The highest BCUT2D eigenvalue weighted by Crippen LogP contribution is 2.36. The van der Waals surface area contributed by atoms with E-state index in [4.69, 9.17) is 16.3 Å². The summed E-state index contributed by atoms with van der Waals surface area (Å²) in [6.07, 6.45) is 0.213. The Morgan fingerprint density at radius 2 is 2.00 bits per heavy atom. The van der Waals surface area contributed by atoms with Crippen LogP contribution in [0.4, 0.5) is 4.79 Å². The molecule has 1 saturated heterocycles. The Balaban J connectivity index is 2.13. The molecule has 1 aromatic carbocycles. The third-order valence-electron chi connectivity index (χ3n) is 3.85. The molecule has 0 saturated carbocycles. The van der Waals surface area contributed by atoms with Crippen molar-refractivity contribution in [1.82, 2.24) is 4.90 Å². The Bertz CT molecular complexity index is 597. The molecule has 1 N–H and O–H groups in total. The van der Waals surface area contributed by atoms with E-state index in [1.54, 1.807) is 29.2 Å². The van der Waals surface area contributed by atoms with E-state index < -0.39 is 23.6 Å². The van der Waals surface area contributed by atoms with E-state index >= 15 is 0 Å². The van der Waals surface area contributed by atoms with Crippen molar-refractivity contribution in [3.8, 4) is 0 Å². The molecule has 0 bridgehead atoms. The predicted molar refractivity (Wildman–Crippen MR) is 87.7 cm³/mol. The zero-order valence-electron chi connectivity index (χ0n) is 13.6. The number of nitrogens with zero attached hydrogens (tertiary/aromatic N) is 1. The van der Waals surface area contributed by atoms with Gasteiger partial charge in [-0.05, 0) is 44.7 Å². The second-order valence-corrected chi connectivity index (χ2v) is 7.22. The number of rotatable bonds is 3. The van der Waals surface area contributed by atoms with Gasteiger partial charge in [-0.15, -0.1) is 0 Å². The predicted octanol–water partition coefficient (Wildman–Crippen LogP) is 3.77. The Kier molecular flexibility index (Phi) is 5.19. The number of benzene rings is 1. The van der Waals surface area contributed by atoms with Gasteiger partial charge in [-0.25, -0.2) is 4.79 Å². The molecule has 5 nitrogen and oxygen atoms in total. The van der Waals surface area contributed by atoms with Gasteiger partial charge < -0.3 is 14.7 Å². The molecule has 6 heteroatoms. The minimum absolute atomic E-state index is 0.181. The van der Waals surface area contributed by atoms with Gasteiger partial charge in [0.15, 0.2) is 0 Å². The van der Waals surface area contributed by atoms with Crippen molar-refractivity contribution in [3.63, 3.8) is 0 Å². The molecule has 0 spiro atoms. The lowest BCUT2D eigenvalue weighted by Gasteiger charge is -2.25. The number of carboxylic acids is 1. The van der Waals surface area contributed by atoms with Crippen molar-refractivity contribution in [2.75, 3.05) is 13.1 Å². The molecular weight excluding hydrogens is 318 g/mol. The number of hydrogen-bond donors (Lipinski definition) is 1. The maximum absolute atomic E-state index is 12.1. The Morgan fingerprint density at radius 1 is 1.35 bits per heavy atom. The second kappa shape index (κ2) is 6.79. The van der Waals surface area contributed by atoms with Crippen LogP contribution in [0.1, 0.15) is 38.7 Å². The number of likely N-dealkylation sites (tertiary alicyclic amines) is 1. The van der Waals surface area contributed by atoms with Crippen LogP contribution in [0.15, 0.2) is 24.3 Å². The summed E-state index contributed by atoms with van der Waals surface area (Å²) < 4.78 is 5.35. The molecule has 0 aromatic heterocycles. The number of carbonyl (C=O) groups excluding carboxylic acids is 1. The van der Waals surface area contributed by atoms with Crippen LogP contribution in [0.2, 0.25) is 5.02 Å². The number of halogens is 1. The molecule has 1 aromatic rings. The monoisotopic (exact) mass is 339 g/mol. The van der Waals surface area contributed by atoms with E-state index in [-0.39, 0.29) is 5.92 Å². The number of hydrogen-bond acceptors (Lipinski definition) is 3. The summed E-state index contributed by atoms with van der Waals surface area (Å²) in [6, 6.07) is 6.97. The quantitative estimate of drug-likeness (QED) is 0.910. The van der Waals surface area contributed by atoms with Gasteiger partial charge in [-0.1, -0.05) is 29.8 Å². The number of amides is 1. The highest BCUT2D eigenvalue weighted by molar-refractivity contribution is 6.31. The zero-order valence-corrected chi connectivity index (χ0v) is 14.3. The first-order valence-electron chi connectivity index (χ1n) is 7.64. The van der Waals surface area contributed by atoms with Gasteiger partial charge >= 0.3 is 12.1 Å². The van der Waals surface area contributed by atoms with Crippen molar-refractivity contribution < 1.29 is 19.4 Å². The summed E-state index contributed by atoms with van der Waals surface area (Å²) in [5.41, 5.74) is 0.0297. The normalized spacial score (nSPS) is 19.5. The van der Waals surface area contributed by atoms with Gasteiger partial charge in [-0.2, -0.15) is 0 Å². The lowest BCUT2D eigenvalue weighted by atomic mass is 9.85. The molecule has 2 rings (SSSR count). The summed E-state index contributed by atoms with van der Waals surface area (Å²) in [6.45, 7) is 6.28. The Morgan fingerprint density at radius 3 is 2.57 bits per heavy atom. The summed E-state index contributed by atoms with van der Waals surface area (Å²) in [5.74, 6) is -1.83. The number of carbonyl (C=O) groups is 2. The van der Waals surface area contributed by atoms with Crippen LogP contribution >= 0.6 is 11.6 Å². The van der Waals surface area contributed by atoms with Crippen LogP contribution in [-0.4, -0.2) is 40.8 Å². The summed E-state index contributed by atoms with van der Waals surface area (Å²) in [7, 11) is 0. The van der Waals surface area contributed by atoms with Crippen LogP contribution in [0, 0.1) is 5.92 Å². The third kappa shape index (κ3) is 4.38. The van der Waals surface area contributed by atoms with Crippen LogP contribution in [-0.2, 0) is 9.53 Å². The van der Waals surface area contributed by atoms with Crippen molar-refractivity contribution in [1.29, 1.82) is 0 Å². The van der Waals surface area contributed by atoms with E-state index in [1.807, 2.05) is 20.8 Å². The Hall–Kier alpha value is -1.75. The van der Waals surface area contributed by atoms with Crippen molar-refractivity contribution in [2.45, 2.75) is 38.7 Å². The minimum atomic E-state index is -0.922. The fourth-order valence-corrected chi connectivity index (χ4v) is 3.12. The molecule has 2 unspecified atom stereocenters. The summed E-state index contributed by atoms with van der Waals surface area (Å²) >= 11 is 6.16. The molecule has 2 atom stereocenters. The highest BCUT2D eigenvalue weighted by Gasteiger charge is 2.38. The minimum Gasteiger partial charge on any atom is -0.481 e. The first-order valence-corrected chi connectivity index (χ1v) is 8.02. The summed E-state index contributed by atoms with van der Waals surface area (Å²) in [5, 5.41) is 10.1. The van der Waals surface area contributed by atoms with Gasteiger partial charge in [0.2, 0.25) is 0 Å². The molecular formula is C17H22ClNO4. The third-order valence-corrected chi connectivity index (χ3v) is 4.20. The average Bonchev–Trinajstić information content (AvgIpc) is 2.88. The maximum Gasteiger partial charge on any atom is 0.410 e.